The van der Waals surface area contributed by atoms with Gasteiger partial charge in [-0.1, -0.05) is 24.3 Å². The molecule has 0 spiro atoms. The third-order valence-electron chi connectivity index (χ3n) is 4.29. The molecule has 0 atom stereocenters. The summed E-state index contributed by atoms with van der Waals surface area (Å²) in [5.41, 5.74) is 0.900. The van der Waals surface area contributed by atoms with E-state index >= 15 is 0 Å². The number of aldehydes is 2. The van der Waals surface area contributed by atoms with Gasteiger partial charge in [0.1, 0.15) is 12.6 Å². The second-order valence-electron chi connectivity index (χ2n) is 6.41. The molecule has 0 N–H and O–H groups in total. The van der Waals surface area contributed by atoms with E-state index in [4.69, 9.17) is 9.47 Å². The Balaban J connectivity index is 1.61. The highest BCUT2D eigenvalue weighted by Crippen LogP contribution is 2.12. The molecule has 0 aliphatic heterocycles. The van der Waals surface area contributed by atoms with Gasteiger partial charge >= 0.3 is 23.9 Å². The smallest absolute Gasteiger partial charge is 0.346 e. The van der Waals surface area contributed by atoms with Crippen molar-refractivity contribution in [2.24, 2.45) is 0 Å². The lowest BCUT2D eigenvalue weighted by molar-refractivity contribution is 0.0376. The summed E-state index contributed by atoms with van der Waals surface area (Å²) in [5, 5.41) is 0. The van der Waals surface area contributed by atoms with Gasteiger partial charge < -0.3 is 9.47 Å². The van der Waals surface area contributed by atoms with Gasteiger partial charge in [-0.05, 0) is 48.5 Å². The summed E-state index contributed by atoms with van der Waals surface area (Å²) >= 11 is 0. The summed E-state index contributed by atoms with van der Waals surface area (Å²) in [5.74, 6) is -3.69. The fraction of sp³-hybridized carbons (Fsp3) is 0. The van der Waals surface area contributed by atoms with Crippen molar-refractivity contribution in [3.05, 3.63) is 106 Å². The molecule has 3 aromatic carbocycles. The van der Waals surface area contributed by atoms with Gasteiger partial charge in [-0.3, -0.25) is 9.59 Å². The lowest BCUT2D eigenvalue weighted by Crippen LogP contribution is -2.14. The molecule has 3 aromatic rings. The van der Waals surface area contributed by atoms with Gasteiger partial charge in [-0.25, -0.2) is 19.2 Å². The zero-order chi connectivity index (χ0) is 23.1. The molecule has 0 fully saturated rings. The molecule has 3 rings (SSSR count). The van der Waals surface area contributed by atoms with Gasteiger partial charge in [-0.15, -0.1) is 0 Å². The van der Waals surface area contributed by atoms with Crippen LogP contribution in [-0.4, -0.2) is 36.4 Å². The highest BCUT2D eigenvalue weighted by Gasteiger charge is 2.18. The minimum absolute atomic E-state index is 0.00445. The Morgan fingerprint density at radius 1 is 0.438 bits per heavy atom. The second kappa shape index (κ2) is 9.86. The molecule has 0 unspecified atom stereocenters. The van der Waals surface area contributed by atoms with Crippen LogP contribution in [0.4, 0.5) is 0 Å². The van der Waals surface area contributed by atoms with Gasteiger partial charge in [0.2, 0.25) is 0 Å². The molecule has 32 heavy (non-hydrogen) atoms. The number of esters is 4. The van der Waals surface area contributed by atoms with Crippen molar-refractivity contribution >= 4 is 36.4 Å². The molecule has 0 radical (unpaired) electrons. The van der Waals surface area contributed by atoms with Crippen LogP contribution in [0.2, 0.25) is 0 Å². The summed E-state index contributed by atoms with van der Waals surface area (Å²) in [7, 11) is 0. The van der Waals surface area contributed by atoms with E-state index in [1.807, 2.05) is 0 Å². The zero-order valence-corrected chi connectivity index (χ0v) is 16.3. The average Bonchev–Trinajstić information content (AvgIpc) is 2.84. The van der Waals surface area contributed by atoms with E-state index in [0.717, 1.165) is 0 Å². The van der Waals surface area contributed by atoms with E-state index < -0.39 is 23.9 Å². The summed E-state index contributed by atoms with van der Waals surface area (Å²) in [4.78, 5) is 69.7. The molecular weight excluding hydrogens is 416 g/mol. The van der Waals surface area contributed by atoms with Crippen molar-refractivity contribution in [2.45, 2.75) is 0 Å². The molecule has 0 aliphatic rings. The standard InChI is InChI=1S/C24H14O8/c25-13-15-1-5-17(6-2-15)21(27)31-23(29)19-9-11-20(12-10-19)24(30)32-22(28)18-7-3-16(14-26)4-8-18/h1-14H. The lowest BCUT2D eigenvalue weighted by atomic mass is 10.1. The van der Waals surface area contributed by atoms with Crippen molar-refractivity contribution in [1.82, 2.24) is 0 Å². The Morgan fingerprint density at radius 2 is 0.656 bits per heavy atom. The predicted molar refractivity (Wildman–Crippen MR) is 110 cm³/mol. The third kappa shape index (κ3) is 5.25. The van der Waals surface area contributed by atoms with Crippen LogP contribution in [0, 0.1) is 0 Å². The van der Waals surface area contributed by atoms with Crippen LogP contribution in [0.15, 0.2) is 72.8 Å². The van der Waals surface area contributed by atoms with E-state index in [2.05, 4.69) is 0 Å². The number of carbonyl (C=O) groups is 6. The number of rotatable bonds is 6. The lowest BCUT2D eigenvalue weighted by Gasteiger charge is -2.05. The van der Waals surface area contributed by atoms with E-state index in [0.29, 0.717) is 23.7 Å². The first-order valence-electron chi connectivity index (χ1n) is 9.15. The van der Waals surface area contributed by atoms with Crippen molar-refractivity contribution in [2.75, 3.05) is 0 Å². The fourth-order valence-electron chi connectivity index (χ4n) is 2.54. The van der Waals surface area contributed by atoms with Crippen LogP contribution in [0.5, 0.6) is 0 Å². The molecule has 0 saturated heterocycles. The van der Waals surface area contributed by atoms with Crippen LogP contribution < -0.4 is 0 Å². The van der Waals surface area contributed by atoms with Gasteiger partial charge in [0.15, 0.2) is 0 Å². The molecule has 8 heteroatoms. The minimum Gasteiger partial charge on any atom is -0.386 e. The van der Waals surface area contributed by atoms with Crippen LogP contribution >= 0.6 is 0 Å². The van der Waals surface area contributed by atoms with E-state index in [9.17, 15) is 28.8 Å². The molecule has 158 valence electrons. The highest BCUT2D eigenvalue weighted by atomic mass is 16.6. The summed E-state index contributed by atoms with van der Waals surface area (Å²) in [6.45, 7) is 0. The van der Waals surface area contributed by atoms with Gasteiger partial charge in [0.05, 0.1) is 22.3 Å². The number of hydrogen-bond acceptors (Lipinski definition) is 8. The molecule has 0 aromatic heterocycles. The van der Waals surface area contributed by atoms with Crippen LogP contribution in [0.25, 0.3) is 0 Å². The zero-order valence-electron chi connectivity index (χ0n) is 16.3. The number of benzene rings is 3. The van der Waals surface area contributed by atoms with Crippen molar-refractivity contribution < 1.29 is 38.2 Å². The van der Waals surface area contributed by atoms with Crippen molar-refractivity contribution in [3.63, 3.8) is 0 Å². The quantitative estimate of drug-likeness (QED) is 0.332. The maximum atomic E-state index is 12.2. The minimum atomic E-state index is -0.944. The van der Waals surface area contributed by atoms with Crippen molar-refractivity contribution in [3.8, 4) is 0 Å². The first-order valence-corrected chi connectivity index (χ1v) is 9.15. The third-order valence-corrected chi connectivity index (χ3v) is 4.29. The van der Waals surface area contributed by atoms with Gasteiger partial charge in [0.25, 0.3) is 0 Å². The SMILES string of the molecule is O=Cc1ccc(C(=O)OC(=O)c2ccc(C(=O)OC(=O)c3ccc(C=O)cc3)cc2)cc1. The second-order valence-corrected chi connectivity index (χ2v) is 6.41. The monoisotopic (exact) mass is 430 g/mol. The predicted octanol–water partition coefficient (Wildman–Crippen LogP) is 3.31. The topological polar surface area (TPSA) is 121 Å². The molecular formula is C24H14O8. The molecule has 0 amide bonds. The first-order chi connectivity index (χ1) is 15.4. The summed E-state index contributed by atoms with van der Waals surface area (Å²) in [6, 6.07) is 16.0. The van der Waals surface area contributed by atoms with Crippen LogP contribution in [0.1, 0.15) is 62.1 Å². The van der Waals surface area contributed by atoms with Gasteiger partial charge in [0, 0.05) is 11.1 Å². The Hall–Kier alpha value is -4.72. The first kappa shape index (κ1) is 22.0. The average molecular weight is 430 g/mol. The normalized spacial score (nSPS) is 10.0. The molecule has 0 saturated carbocycles. The number of hydrogen-bond donors (Lipinski definition) is 0. The molecule has 0 heterocycles. The fourth-order valence-corrected chi connectivity index (χ4v) is 2.54. The highest BCUT2D eigenvalue weighted by molar-refractivity contribution is 6.05. The van der Waals surface area contributed by atoms with E-state index in [1.165, 1.54) is 72.8 Å². The summed E-state index contributed by atoms with van der Waals surface area (Å²) < 4.78 is 9.55. The Bertz CT molecular complexity index is 1090. The molecule has 8 nitrogen and oxygen atoms in total. The van der Waals surface area contributed by atoms with Crippen molar-refractivity contribution in [1.29, 1.82) is 0 Å². The molecule has 0 aliphatic carbocycles. The van der Waals surface area contributed by atoms with Crippen LogP contribution in [-0.2, 0) is 9.47 Å². The Morgan fingerprint density at radius 3 is 0.875 bits per heavy atom. The largest absolute Gasteiger partial charge is 0.386 e. The maximum Gasteiger partial charge on any atom is 0.346 e. The molecule has 0 bridgehead atoms. The maximum absolute atomic E-state index is 12.2. The Kier molecular flexibility index (Phi) is 6.77. The Labute approximate surface area is 181 Å². The number of ether oxygens (including phenoxy) is 2. The van der Waals surface area contributed by atoms with Gasteiger partial charge in [-0.2, -0.15) is 0 Å². The summed E-state index contributed by atoms with van der Waals surface area (Å²) in [6.07, 6.45) is 1.23. The van der Waals surface area contributed by atoms with E-state index in [1.54, 1.807) is 0 Å². The van der Waals surface area contributed by atoms with Crippen LogP contribution in [0.3, 0.4) is 0 Å². The number of carbonyl (C=O) groups excluding carboxylic acids is 6. The van der Waals surface area contributed by atoms with E-state index in [-0.39, 0.29) is 22.3 Å².